The number of carbonyl (C=O) groups is 3. The van der Waals surface area contributed by atoms with Crippen LogP contribution in [0.3, 0.4) is 0 Å². The van der Waals surface area contributed by atoms with Gasteiger partial charge in [-0.1, -0.05) is 19.1 Å². The molecule has 2 N–H and O–H groups in total. The predicted molar refractivity (Wildman–Crippen MR) is 99.8 cm³/mol. The first-order valence-corrected chi connectivity index (χ1v) is 9.24. The molecule has 0 radical (unpaired) electrons. The smallest absolute Gasteiger partial charge is 0.339 e. The van der Waals surface area contributed by atoms with Crippen LogP contribution in [-0.2, 0) is 14.3 Å². The molecule has 1 aliphatic carbocycles. The first-order chi connectivity index (χ1) is 12.5. The van der Waals surface area contributed by atoms with Gasteiger partial charge in [0.1, 0.15) is 0 Å². The number of hydrogen-bond donors (Lipinski definition) is 2. The van der Waals surface area contributed by atoms with Crippen LogP contribution >= 0.6 is 0 Å². The summed E-state index contributed by atoms with van der Waals surface area (Å²) in [4.78, 5) is 36.6. The topological polar surface area (TPSA) is 84.5 Å². The molecule has 0 saturated heterocycles. The lowest BCUT2D eigenvalue weighted by molar-refractivity contribution is -0.129. The van der Waals surface area contributed by atoms with Crippen molar-refractivity contribution in [2.24, 2.45) is 11.8 Å². The maximum Gasteiger partial charge on any atom is 0.339 e. The zero-order valence-electron chi connectivity index (χ0n) is 15.7. The largest absolute Gasteiger partial charge is 0.465 e. The van der Waals surface area contributed by atoms with Gasteiger partial charge in [-0.2, -0.15) is 0 Å². The Bertz CT molecular complexity index is 651. The third-order valence-electron chi connectivity index (χ3n) is 5.06. The fraction of sp³-hybridized carbons (Fsp3) is 0.550. The van der Waals surface area contributed by atoms with Gasteiger partial charge in [0.15, 0.2) is 0 Å². The number of rotatable bonds is 6. The Morgan fingerprint density at radius 1 is 1.08 bits per heavy atom. The van der Waals surface area contributed by atoms with Gasteiger partial charge in [0.25, 0.3) is 0 Å². The first kappa shape index (κ1) is 19.9. The fourth-order valence-electron chi connectivity index (χ4n) is 3.20. The van der Waals surface area contributed by atoms with Crippen molar-refractivity contribution >= 4 is 23.5 Å². The Morgan fingerprint density at radius 2 is 1.65 bits per heavy atom. The summed E-state index contributed by atoms with van der Waals surface area (Å²) in [6, 6.07) is 6.98. The molecule has 0 spiro atoms. The van der Waals surface area contributed by atoms with Crippen molar-refractivity contribution in [2.45, 2.75) is 52.0 Å². The number of hydrogen-bond acceptors (Lipinski definition) is 4. The van der Waals surface area contributed by atoms with Gasteiger partial charge in [0, 0.05) is 17.9 Å². The molecule has 26 heavy (non-hydrogen) atoms. The molecule has 0 heterocycles. The van der Waals surface area contributed by atoms with Crippen molar-refractivity contribution < 1.29 is 19.1 Å². The van der Waals surface area contributed by atoms with E-state index in [0.717, 1.165) is 6.42 Å². The van der Waals surface area contributed by atoms with Gasteiger partial charge in [-0.25, -0.2) is 4.79 Å². The van der Waals surface area contributed by atoms with E-state index in [-0.39, 0.29) is 29.7 Å². The number of amides is 2. The highest BCUT2D eigenvalue weighted by Gasteiger charge is 2.30. The number of methoxy groups -OCH3 is 1. The van der Waals surface area contributed by atoms with Crippen LogP contribution in [0.1, 0.15) is 56.3 Å². The van der Waals surface area contributed by atoms with Crippen molar-refractivity contribution in [3.05, 3.63) is 29.8 Å². The SMILES string of the molecule is CCC(C)NC(=O)C1CCC(C(=O)Nc2ccccc2C(=O)OC)CC1. The molecule has 0 aromatic heterocycles. The van der Waals surface area contributed by atoms with Crippen LogP contribution in [-0.4, -0.2) is 30.9 Å². The maximum absolute atomic E-state index is 12.6. The number of anilines is 1. The van der Waals surface area contributed by atoms with Crippen LogP contribution < -0.4 is 10.6 Å². The van der Waals surface area contributed by atoms with Gasteiger partial charge in [0.05, 0.1) is 18.4 Å². The minimum atomic E-state index is -0.480. The number of benzene rings is 1. The fourth-order valence-corrected chi connectivity index (χ4v) is 3.20. The van der Waals surface area contributed by atoms with Crippen LogP contribution in [0.2, 0.25) is 0 Å². The van der Waals surface area contributed by atoms with Crippen molar-refractivity contribution in [3.63, 3.8) is 0 Å². The Kier molecular flexibility index (Phi) is 7.18. The van der Waals surface area contributed by atoms with E-state index in [2.05, 4.69) is 10.6 Å². The summed E-state index contributed by atoms with van der Waals surface area (Å²) in [7, 11) is 1.31. The number of nitrogens with one attached hydrogen (secondary N) is 2. The lowest BCUT2D eigenvalue weighted by atomic mass is 9.81. The van der Waals surface area contributed by atoms with Crippen molar-refractivity contribution in [1.82, 2.24) is 5.32 Å². The molecular weight excluding hydrogens is 332 g/mol. The van der Waals surface area contributed by atoms with Gasteiger partial charge >= 0.3 is 5.97 Å². The molecule has 142 valence electrons. The van der Waals surface area contributed by atoms with E-state index in [4.69, 9.17) is 4.74 Å². The van der Waals surface area contributed by atoms with E-state index in [9.17, 15) is 14.4 Å². The third-order valence-corrected chi connectivity index (χ3v) is 5.06. The maximum atomic E-state index is 12.6. The molecule has 1 saturated carbocycles. The van der Waals surface area contributed by atoms with Crippen molar-refractivity contribution in [3.8, 4) is 0 Å². The molecule has 1 unspecified atom stereocenters. The number of esters is 1. The molecule has 1 atom stereocenters. The summed E-state index contributed by atoms with van der Waals surface area (Å²) in [5.41, 5.74) is 0.797. The molecule has 0 aliphatic heterocycles. The van der Waals surface area contributed by atoms with Crippen LogP contribution in [0.4, 0.5) is 5.69 Å². The second-order valence-corrected chi connectivity index (χ2v) is 6.89. The zero-order valence-corrected chi connectivity index (χ0v) is 15.7. The highest BCUT2D eigenvalue weighted by atomic mass is 16.5. The summed E-state index contributed by atoms with van der Waals surface area (Å²) in [6.07, 6.45) is 3.66. The number of carbonyl (C=O) groups excluding carboxylic acids is 3. The predicted octanol–water partition coefficient (Wildman–Crippen LogP) is 3.13. The normalized spacial score (nSPS) is 20.7. The number of para-hydroxylation sites is 1. The minimum Gasteiger partial charge on any atom is -0.465 e. The average molecular weight is 360 g/mol. The summed E-state index contributed by atoms with van der Waals surface area (Å²) < 4.78 is 4.75. The third kappa shape index (κ3) is 5.07. The van der Waals surface area contributed by atoms with Crippen molar-refractivity contribution in [1.29, 1.82) is 0 Å². The molecular formula is C20H28N2O4. The molecule has 2 rings (SSSR count). The Hall–Kier alpha value is -2.37. The summed E-state index contributed by atoms with van der Waals surface area (Å²) in [6.45, 7) is 4.04. The monoisotopic (exact) mass is 360 g/mol. The van der Waals surface area contributed by atoms with Crippen LogP contribution in [0, 0.1) is 11.8 Å². The van der Waals surface area contributed by atoms with Crippen molar-refractivity contribution in [2.75, 3.05) is 12.4 Å². The van der Waals surface area contributed by atoms with Crippen LogP contribution in [0.25, 0.3) is 0 Å². The van der Waals surface area contributed by atoms with E-state index in [1.807, 2.05) is 13.8 Å². The first-order valence-electron chi connectivity index (χ1n) is 9.24. The highest BCUT2D eigenvalue weighted by Crippen LogP contribution is 2.30. The molecule has 1 aliphatic rings. The van der Waals surface area contributed by atoms with E-state index in [0.29, 0.717) is 36.9 Å². The quantitative estimate of drug-likeness (QED) is 0.763. The molecule has 1 fully saturated rings. The molecule has 2 amide bonds. The van der Waals surface area contributed by atoms with E-state index < -0.39 is 5.97 Å². The number of ether oxygens (including phenoxy) is 1. The zero-order chi connectivity index (χ0) is 19.1. The summed E-state index contributed by atoms with van der Waals surface area (Å²) in [5, 5.41) is 5.86. The average Bonchev–Trinajstić information content (AvgIpc) is 2.67. The van der Waals surface area contributed by atoms with E-state index in [1.165, 1.54) is 7.11 Å². The van der Waals surface area contributed by atoms with Gasteiger partial charge in [-0.3, -0.25) is 9.59 Å². The van der Waals surface area contributed by atoms with E-state index in [1.54, 1.807) is 24.3 Å². The van der Waals surface area contributed by atoms with Crippen LogP contribution in [0.15, 0.2) is 24.3 Å². The Balaban J connectivity index is 1.91. The second kappa shape index (κ2) is 9.36. The summed E-state index contributed by atoms with van der Waals surface area (Å²) >= 11 is 0. The molecule has 1 aromatic carbocycles. The summed E-state index contributed by atoms with van der Waals surface area (Å²) in [5.74, 6) is -0.661. The standard InChI is InChI=1S/C20H28N2O4/c1-4-13(2)21-18(23)14-9-11-15(12-10-14)19(24)22-17-8-6-5-7-16(17)20(25)26-3/h5-8,13-15H,4,9-12H2,1-3H3,(H,21,23)(H,22,24). The lowest BCUT2D eigenvalue weighted by Gasteiger charge is -2.28. The van der Waals surface area contributed by atoms with Gasteiger partial charge in [0.2, 0.25) is 11.8 Å². The van der Waals surface area contributed by atoms with Gasteiger partial charge < -0.3 is 15.4 Å². The molecule has 1 aromatic rings. The molecule has 0 bridgehead atoms. The molecule has 6 heteroatoms. The second-order valence-electron chi connectivity index (χ2n) is 6.89. The van der Waals surface area contributed by atoms with E-state index >= 15 is 0 Å². The highest BCUT2D eigenvalue weighted by molar-refractivity contribution is 6.01. The Labute approximate surface area is 154 Å². The van der Waals surface area contributed by atoms with Gasteiger partial charge in [-0.05, 0) is 51.2 Å². The lowest BCUT2D eigenvalue weighted by Crippen LogP contribution is -2.39. The minimum absolute atomic E-state index is 0.0181. The van der Waals surface area contributed by atoms with Gasteiger partial charge in [-0.15, -0.1) is 0 Å². The molecule has 6 nitrogen and oxygen atoms in total. The van der Waals surface area contributed by atoms with Crippen LogP contribution in [0.5, 0.6) is 0 Å². The Morgan fingerprint density at radius 3 is 2.23 bits per heavy atom.